The number of carboxylic acid groups (broad SMARTS) is 4. The second-order valence-electron chi connectivity index (χ2n) is 22.7. The number of benzene rings is 2. The molecule has 1 atom stereocenters. The standard InChI is InChI=1S/C59H83N13O13S2/c1-7-71-45-19-17-41(2)36-43(45)58(3,4)48(71)14-10-8-11-15-49-59(5,6)44-37-42(87(83,84)85)18-20-46(44)72(49)26-13-9-12-16-50(73)61-25-35-86-57-65-63-56(64-66-57)62-24-23-60-51(74)22-21-47(55(81)82)70-33-31-68(39-53(77)78)29-27-67(38-52(75)76)28-30-69(32-34-70)40-54(79)80/h8,10-11,14-15,17-20,36-37,47H,7,9,12-13,16,21-35,38-40H2,1-6H3,(H7-,60,61,62,63,64,73,74,75,76,77,78,79,80,81,82,83,84,85)/p+1. The highest BCUT2D eigenvalue weighted by molar-refractivity contribution is 7.99. The van der Waals surface area contributed by atoms with Gasteiger partial charge in [0.1, 0.15) is 12.6 Å². The summed E-state index contributed by atoms with van der Waals surface area (Å²) in [5, 5.41) is 63.9. The Morgan fingerprint density at radius 2 is 1.30 bits per heavy atom. The Morgan fingerprint density at radius 1 is 0.701 bits per heavy atom. The van der Waals surface area contributed by atoms with Gasteiger partial charge in [0.15, 0.2) is 5.71 Å². The molecule has 6 rings (SSSR count). The molecule has 3 aromatic rings. The van der Waals surface area contributed by atoms with E-state index in [4.69, 9.17) is 0 Å². The summed E-state index contributed by atoms with van der Waals surface area (Å²) in [5.74, 6) is -4.46. The Bertz CT molecular complexity index is 3140. The van der Waals surface area contributed by atoms with Crippen molar-refractivity contribution in [1.82, 2.24) is 50.6 Å². The number of aromatic nitrogens is 4. The van der Waals surface area contributed by atoms with Crippen molar-refractivity contribution in [2.24, 2.45) is 0 Å². The van der Waals surface area contributed by atoms with Crippen molar-refractivity contribution in [1.29, 1.82) is 0 Å². The summed E-state index contributed by atoms with van der Waals surface area (Å²) < 4.78 is 36.5. The summed E-state index contributed by atoms with van der Waals surface area (Å²) in [5.41, 5.74) is 6.84. The highest BCUT2D eigenvalue weighted by Gasteiger charge is 2.45. The molecule has 4 heterocycles. The molecule has 0 saturated carbocycles. The van der Waals surface area contributed by atoms with Crippen LogP contribution in [-0.2, 0) is 49.7 Å². The normalized spacial score (nSPS) is 17.9. The molecule has 1 saturated heterocycles. The Morgan fingerprint density at radius 3 is 1.89 bits per heavy atom. The number of amides is 2. The number of hydrogen-bond donors (Lipinski definition) is 8. The third-order valence-corrected chi connectivity index (χ3v) is 17.4. The van der Waals surface area contributed by atoms with Crippen molar-refractivity contribution < 1.29 is 66.7 Å². The fourth-order valence-corrected chi connectivity index (χ4v) is 12.2. The van der Waals surface area contributed by atoms with Crippen LogP contribution in [0.25, 0.3) is 0 Å². The second kappa shape index (κ2) is 32.1. The van der Waals surface area contributed by atoms with Gasteiger partial charge in [0.2, 0.25) is 22.7 Å². The molecule has 28 heteroatoms. The number of rotatable bonds is 30. The number of nitrogens with one attached hydrogen (secondary N) is 3. The van der Waals surface area contributed by atoms with Crippen LogP contribution in [0.1, 0.15) is 89.8 Å². The molecule has 8 N–H and O–H groups in total. The van der Waals surface area contributed by atoms with E-state index < -0.39 is 51.4 Å². The number of nitrogens with zero attached hydrogens (tertiary/aromatic N) is 10. The maximum atomic E-state index is 12.9. The van der Waals surface area contributed by atoms with Crippen LogP contribution in [0.4, 0.5) is 17.3 Å². The summed E-state index contributed by atoms with van der Waals surface area (Å²) in [6, 6.07) is 10.2. The number of allylic oxidation sites excluding steroid dienone is 6. The predicted octanol–water partition coefficient (Wildman–Crippen LogP) is 3.72. The Hall–Kier alpha value is -7.21. The number of carboxylic acids is 4. The van der Waals surface area contributed by atoms with E-state index in [-0.39, 0.29) is 125 Å². The van der Waals surface area contributed by atoms with E-state index in [1.807, 2.05) is 26.0 Å². The lowest BCUT2D eigenvalue weighted by Gasteiger charge is -2.35. The minimum Gasteiger partial charge on any atom is -0.480 e. The highest BCUT2D eigenvalue weighted by Crippen LogP contribution is 2.48. The number of aryl methyl sites for hydroxylation is 1. The maximum absolute atomic E-state index is 12.9. The molecule has 3 aliphatic rings. The number of unbranched alkanes of at least 4 members (excludes halogenated alkanes) is 2. The largest absolute Gasteiger partial charge is 0.480 e. The van der Waals surface area contributed by atoms with Gasteiger partial charge in [-0.3, -0.25) is 52.9 Å². The van der Waals surface area contributed by atoms with Crippen molar-refractivity contribution in [3.8, 4) is 0 Å². The van der Waals surface area contributed by atoms with Crippen molar-refractivity contribution >= 4 is 80.6 Å². The van der Waals surface area contributed by atoms with Crippen LogP contribution in [-0.4, -0.2) is 236 Å². The topological polar surface area (TPSA) is 345 Å². The third-order valence-electron chi connectivity index (χ3n) is 15.7. The van der Waals surface area contributed by atoms with Gasteiger partial charge in [-0.25, -0.2) is 0 Å². The average Bonchev–Trinajstić information content (AvgIpc) is 1.62. The number of thioether (sulfide) groups is 1. The smallest absolute Gasteiger partial charge is 0.320 e. The minimum atomic E-state index is -4.43. The molecule has 87 heavy (non-hydrogen) atoms. The van der Waals surface area contributed by atoms with Gasteiger partial charge < -0.3 is 41.3 Å². The SMILES string of the molecule is CCN1C(=CC=CC=CC2=[N+](CCCCCC(=O)NCCSc3nnc(NCCNC(=O)CCC(C(=O)O)N4CCN(CC(=O)O)CCN(CC(=O)O)CCN(CC(=O)O)CC4)nn3)c3ccc(S(=O)(=O)O)cc3C2(C)C)C(C)(C)c2cc(C)ccc21. The van der Waals surface area contributed by atoms with E-state index >= 15 is 0 Å². The van der Waals surface area contributed by atoms with Crippen molar-refractivity contribution in [3.05, 3.63) is 89.2 Å². The van der Waals surface area contributed by atoms with E-state index in [2.05, 4.69) is 110 Å². The zero-order chi connectivity index (χ0) is 63.5. The van der Waals surface area contributed by atoms with Gasteiger partial charge in [-0.05, 0) is 76.8 Å². The molecule has 1 fully saturated rings. The van der Waals surface area contributed by atoms with Crippen molar-refractivity contribution in [2.75, 3.05) is 121 Å². The zero-order valence-corrected chi connectivity index (χ0v) is 52.1. The fraction of sp³-hybridized carbons (Fsp3) is 0.542. The molecular formula is C59H84N13O13S2+. The van der Waals surface area contributed by atoms with Crippen LogP contribution >= 0.6 is 11.8 Å². The van der Waals surface area contributed by atoms with E-state index in [1.165, 1.54) is 40.3 Å². The molecular weight excluding hydrogens is 1160 g/mol. The van der Waals surface area contributed by atoms with Gasteiger partial charge >= 0.3 is 23.9 Å². The lowest BCUT2D eigenvalue weighted by molar-refractivity contribution is -0.438. The quantitative estimate of drug-likeness (QED) is 0.0155. The number of fused-ring (bicyclic) bond motifs is 2. The molecule has 0 bridgehead atoms. The van der Waals surface area contributed by atoms with Crippen molar-refractivity contribution in [3.63, 3.8) is 0 Å². The van der Waals surface area contributed by atoms with Crippen LogP contribution in [0, 0.1) is 6.92 Å². The summed E-state index contributed by atoms with van der Waals surface area (Å²) in [6.07, 6.45) is 12.5. The highest BCUT2D eigenvalue weighted by atomic mass is 32.2. The van der Waals surface area contributed by atoms with Crippen LogP contribution in [0.3, 0.4) is 0 Å². The molecule has 2 amide bonds. The summed E-state index contributed by atoms with van der Waals surface area (Å²) in [6.45, 7) is 15.1. The van der Waals surface area contributed by atoms with Crippen LogP contribution in [0.2, 0.25) is 0 Å². The maximum Gasteiger partial charge on any atom is 0.320 e. The van der Waals surface area contributed by atoms with Crippen LogP contribution in [0.15, 0.2) is 82.5 Å². The summed E-state index contributed by atoms with van der Waals surface area (Å²) in [7, 11) is -4.43. The summed E-state index contributed by atoms with van der Waals surface area (Å²) >= 11 is 1.26. The first-order valence-electron chi connectivity index (χ1n) is 29.3. The molecule has 474 valence electrons. The van der Waals surface area contributed by atoms with Crippen molar-refractivity contribution in [2.45, 2.75) is 107 Å². The van der Waals surface area contributed by atoms with Crippen LogP contribution in [0.5, 0.6) is 0 Å². The molecule has 1 aromatic heterocycles. The molecule has 2 aromatic carbocycles. The fourth-order valence-electron chi connectivity index (χ4n) is 11.2. The second-order valence-corrected chi connectivity index (χ2v) is 25.2. The molecule has 0 radical (unpaired) electrons. The summed E-state index contributed by atoms with van der Waals surface area (Å²) in [4.78, 5) is 81.8. The van der Waals surface area contributed by atoms with Gasteiger partial charge in [0.05, 0.1) is 29.9 Å². The Kier molecular flexibility index (Phi) is 25.5. The number of carbonyl (C=O) groups is 6. The van der Waals surface area contributed by atoms with Gasteiger partial charge in [-0.15, -0.1) is 20.4 Å². The van der Waals surface area contributed by atoms with Gasteiger partial charge in [0, 0.05) is 138 Å². The van der Waals surface area contributed by atoms with E-state index in [0.29, 0.717) is 31.7 Å². The predicted molar refractivity (Wildman–Crippen MR) is 328 cm³/mol. The molecule has 0 aliphatic carbocycles. The number of likely N-dealkylation sites (N-methyl/N-ethyl adjacent to an activating group) is 1. The Balaban J connectivity index is 0.913. The molecule has 1 unspecified atom stereocenters. The first-order valence-corrected chi connectivity index (χ1v) is 31.7. The molecule has 3 aliphatic heterocycles. The van der Waals surface area contributed by atoms with Gasteiger partial charge in [0.25, 0.3) is 16.1 Å². The molecule has 0 spiro atoms. The average molecular weight is 1250 g/mol. The minimum absolute atomic E-state index is 0.0898. The third kappa shape index (κ3) is 20.2. The molecule has 26 nitrogen and oxygen atoms in total. The van der Waals surface area contributed by atoms with E-state index in [0.717, 1.165) is 36.3 Å². The first kappa shape index (κ1) is 68.9. The lowest BCUT2D eigenvalue weighted by atomic mass is 9.81. The van der Waals surface area contributed by atoms with Gasteiger partial charge in [-0.1, -0.05) is 61.5 Å². The monoisotopic (exact) mass is 1250 g/mol. The van der Waals surface area contributed by atoms with E-state index in [9.17, 15) is 62.2 Å². The van der Waals surface area contributed by atoms with Gasteiger partial charge in [-0.2, -0.15) is 13.0 Å². The number of hydrogen-bond acceptors (Lipinski definition) is 19. The van der Waals surface area contributed by atoms with Crippen LogP contribution < -0.4 is 20.9 Å². The zero-order valence-electron chi connectivity index (χ0n) is 50.5. The Labute approximate surface area is 512 Å². The number of anilines is 2. The first-order chi connectivity index (χ1) is 41.3. The van der Waals surface area contributed by atoms with E-state index in [1.54, 1.807) is 31.7 Å². The number of carbonyl (C=O) groups excluding carboxylic acids is 2. The lowest BCUT2D eigenvalue weighted by Crippen LogP contribution is -2.52. The number of aliphatic carboxylic acids is 4.